The van der Waals surface area contributed by atoms with E-state index in [1.54, 1.807) is 36.4 Å². The van der Waals surface area contributed by atoms with Crippen molar-refractivity contribution in [3.63, 3.8) is 0 Å². The summed E-state index contributed by atoms with van der Waals surface area (Å²) in [6.45, 7) is 0.536. The highest BCUT2D eigenvalue weighted by Crippen LogP contribution is 2.08. The minimum Gasteiger partial charge on any atom is -0.354 e. The summed E-state index contributed by atoms with van der Waals surface area (Å²) in [6, 6.07) is 12.8. The van der Waals surface area contributed by atoms with Gasteiger partial charge in [0, 0.05) is 31.0 Å². The predicted octanol–water partition coefficient (Wildman–Crippen LogP) is 3.34. The van der Waals surface area contributed by atoms with Crippen LogP contribution in [0.25, 0.3) is 0 Å². The Morgan fingerprint density at radius 2 is 1.48 bits per heavy atom. The zero-order valence-corrected chi connectivity index (χ0v) is 14.5. The molecule has 0 fully saturated rings. The van der Waals surface area contributed by atoms with Crippen molar-refractivity contribution < 1.29 is 13.6 Å². The zero-order valence-electron chi connectivity index (χ0n) is 14.5. The molecule has 1 heterocycles. The number of hydrogen-bond acceptors (Lipinski definition) is 4. The number of benzene rings is 2. The van der Waals surface area contributed by atoms with Gasteiger partial charge in [0.1, 0.15) is 11.6 Å². The fraction of sp³-hybridized carbons (Fsp3) is 0.150. The second-order valence-corrected chi connectivity index (χ2v) is 5.84. The van der Waals surface area contributed by atoms with Gasteiger partial charge in [-0.1, -0.05) is 36.4 Å². The van der Waals surface area contributed by atoms with Crippen molar-refractivity contribution in [1.82, 2.24) is 15.3 Å². The van der Waals surface area contributed by atoms with Gasteiger partial charge >= 0.3 is 0 Å². The second kappa shape index (κ2) is 8.84. The average Bonchev–Trinajstić information content (AvgIpc) is 2.69. The number of amides is 1. The molecule has 5 nitrogen and oxygen atoms in total. The Morgan fingerprint density at radius 1 is 0.889 bits per heavy atom. The van der Waals surface area contributed by atoms with E-state index in [1.807, 2.05) is 0 Å². The molecule has 0 unspecified atom stereocenters. The molecule has 2 N–H and O–H groups in total. The smallest absolute Gasteiger partial charge is 0.254 e. The van der Waals surface area contributed by atoms with Crippen molar-refractivity contribution in [3.8, 4) is 0 Å². The number of carbonyl (C=O) groups is 1. The van der Waals surface area contributed by atoms with E-state index >= 15 is 0 Å². The van der Waals surface area contributed by atoms with Crippen LogP contribution in [0.5, 0.6) is 0 Å². The average molecular weight is 368 g/mol. The van der Waals surface area contributed by atoms with Crippen molar-refractivity contribution in [3.05, 3.63) is 89.2 Å². The van der Waals surface area contributed by atoms with Crippen molar-refractivity contribution >= 4 is 11.9 Å². The largest absolute Gasteiger partial charge is 0.354 e. The molecule has 3 rings (SSSR count). The highest BCUT2D eigenvalue weighted by atomic mass is 19.1. The number of rotatable bonds is 7. The Hall–Kier alpha value is -3.35. The highest BCUT2D eigenvalue weighted by Gasteiger charge is 2.09. The Labute approximate surface area is 155 Å². The molecule has 0 aliphatic rings. The van der Waals surface area contributed by atoms with Gasteiger partial charge in [0.05, 0.1) is 5.56 Å². The van der Waals surface area contributed by atoms with Crippen LogP contribution >= 0.6 is 0 Å². The lowest BCUT2D eigenvalue weighted by Gasteiger charge is -2.08. The zero-order chi connectivity index (χ0) is 19.1. The van der Waals surface area contributed by atoms with Gasteiger partial charge in [-0.05, 0) is 24.1 Å². The van der Waals surface area contributed by atoms with Crippen LogP contribution < -0.4 is 10.6 Å². The third-order valence-electron chi connectivity index (χ3n) is 3.95. The summed E-state index contributed by atoms with van der Waals surface area (Å²) in [4.78, 5) is 20.3. The molecule has 0 radical (unpaired) electrons. The van der Waals surface area contributed by atoms with E-state index < -0.39 is 5.91 Å². The van der Waals surface area contributed by atoms with Crippen LogP contribution in [0.4, 0.5) is 14.7 Å². The van der Waals surface area contributed by atoms with Gasteiger partial charge in [-0.15, -0.1) is 0 Å². The number of nitrogens with one attached hydrogen (secondary N) is 2. The van der Waals surface area contributed by atoms with Crippen molar-refractivity contribution in [2.24, 2.45) is 0 Å². The lowest BCUT2D eigenvalue weighted by Crippen LogP contribution is -2.23. The molecule has 2 aromatic carbocycles. The molecule has 138 valence electrons. The molecule has 1 aromatic heterocycles. The SMILES string of the molecule is O=C(NCc1ccccc1F)c1cnc(NCCc2ccccc2F)nc1. The molecule has 3 aromatic rings. The maximum absolute atomic E-state index is 13.6. The monoisotopic (exact) mass is 368 g/mol. The maximum atomic E-state index is 13.6. The van der Waals surface area contributed by atoms with Crippen LogP contribution in [-0.4, -0.2) is 22.4 Å². The maximum Gasteiger partial charge on any atom is 0.254 e. The molecule has 1 amide bonds. The lowest BCUT2D eigenvalue weighted by atomic mass is 10.1. The topological polar surface area (TPSA) is 66.9 Å². The molecule has 0 bridgehead atoms. The van der Waals surface area contributed by atoms with E-state index in [0.29, 0.717) is 30.0 Å². The number of aromatic nitrogens is 2. The summed E-state index contributed by atoms with van der Waals surface area (Å²) < 4.78 is 27.1. The first-order chi connectivity index (χ1) is 13.1. The van der Waals surface area contributed by atoms with Crippen LogP contribution in [0.2, 0.25) is 0 Å². The summed E-state index contributed by atoms with van der Waals surface area (Å²) in [5, 5.41) is 5.61. The number of halogens is 2. The van der Waals surface area contributed by atoms with Crippen molar-refractivity contribution in [1.29, 1.82) is 0 Å². The number of anilines is 1. The van der Waals surface area contributed by atoms with Gasteiger partial charge in [0.2, 0.25) is 5.95 Å². The van der Waals surface area contributed by atoms with E-state index in [2.05, 4.69) is 20.6 Å². The molecule has 27 heavy (non-hydrogen) atoms. The fourth-order valence-corrected chi connectivity index (χ4v) is 2.47. The predicted molar refractivity (Wildman–Crippen MR) is 98.2 cm³/mol. The molecule has 0 aliphatic heterocycles. The molecule has 7 heteroatoms. The van der Waals surface area contributed by atoms with Crippen molar-refractivity contribution in [2.45, 2.75) is 13.0 Å². The van der Waals surface area contributed by atoms with Crippen LogP contribution in [0.15, 0.2) is 60.9 Å². The van der Waals surface area contributed by atoms with Crippen LogP contribution in [0, 0.1) is 11.6 Å². The molecular formula is C20H18F2N4O. The van der Waals surface area contributed by atoms with Crippen LogP contribution in [0.1, 0.15) is 21.5 Å². The fourth-order valence-electron chi connectivity index (χ4n) is 2.47. The Balaban J connectivity index is 1.50. The first-order valence-corrected chi connectivity index (χ1v) is 8.44. The van der Waals surface area contributed by atoms with E-state index in [0.717, 1.165) is 0 Å². The van der Waals surface area contributed by atoms with Gasteiger partial charge in [0.15, 0.2) is 0 Å². The Bertz CT molecular complexity index is 916. The van der Waals surface area contributed by atoms with E-state index in [9.17, 15) is 13.6 Å². The third-order valence-corrected chi connectivity index (χ3v) is 3.95. The van der Waals surface area contributed by atoms with Crippen LogP contribution in [0.3, 0.4) is 0 Å². The summed E-state index contributed by atoms with van der Waals surface area (Å²) in [6.07, 6.45) is 3.26. The Morgan fingerprint density at radius 3 is 2.11 bits per heavy atom. The summed E-state index contributed by atoms with van der Waals surface area (Å²) in [5.74, 6) is -0.668. The summed E-state index contributed by atoms with van der Waals surface area (Å²) in [7, 11) is 0. The summed E-state index contributed by atoms with van der Waals surface area (Å²) in [5.41, 5.74) is 1.28. The van der Waals surface area contributed by atoms with Gasteiger partial charge in [-0.3, -0.25) is 4.79 Å². The van der Waals surface area contributed by atoms with E-state index in [-0.39, 0.29) is 23.7 Å². The van der Waals surface area contributed by atoms with E-state index in [1.165, 1.54) is 24.5 Å². The van der Waals surface area contributed by atoms with Gasteiger partial charge in [0.25, 0.3) is 5.91 Å². The Kier molecular flexibility index (Phi) is 6.04. The first-order valence-electron chi connectivity index (χ1n) is 8.44. The van der Waals surface area contributed by atoms with Crippen molar-refractivity contribution in [2.75, 3.05) is 11.9 Å². The highest BCUT2D eigenvalue weighted by molar-refractivity contribution is 5.93. The van der Waals surface area contributed by atoms with Gasteiger partial charge in [-0.2, -0.15) is 0 Å². The number of hydrogen-bond donors (Lipinski definition) is 2. The molecular weight excluding hydrogens is 350 g/mol. The quantitative estimate of drug-likeness (QED) is 0.671. The van der Waals surface area contributed by atoms with E-state index in [4.69, 9.17) is 0 Å². The molecule has 0 aliphatic carbocycles. The second-order valence-electron chi connectivity index (χ2n) is 5.84. The normalized spacial score (nSPS) is 10.4. The standard InChI is InChI=1S/C20H18F2N4O/c21-17-7-3-1-5-14(17)9-10-23-20-25-12-16(13-26-20)19(27)24-11-15-6-2-4-8-18(15)22/h1-8,12-13H,9-11H2,(H,24,27)(H,23,25,26). The van der Waals surface area contributed by atoms with Gasteiger partial charge < -0.3 is 10.6 Å². The minimum atomic E-state index is -0.392. The molecule has 0 atom stereocenters. The lowest BCUT2D eigenvalue weighted by molar-refractivity contribution is 0.0950. The number of nitrogens with zero attached hydrogens (tertiary/aromatic N) is 2. The first kappa shape index (κ1) is 18.4. The molecule has 0 saturated heterocycles. The van der Waals surface area contributed by atoms with Gasteiger partial charge in [-0.25, -0.2) is 18.7 Å². The minimum absolute atomic E-state index is 0.0775. The molecule has 0 spiro atoms. The van der Waals surface area contributed by atoms with Crippen LogP contribution in [-0.2, 0) is 13.0 Å². The molecule has 0 saturated carbocycles. The number of carbonyl (C=O) groups excluding carboxylic acids is 1. The third kappa shape index (κ3) is 5.07. The summed E-state index contributed by atoms with van der Waals surface area (Å²) >= 11 is 0.